The van der Waals surface area contributed by atoms with Crippen LogP contribution < -0.4 is 0 Å². The van der Waals surface area contributed by atoms with E-state index in [1.165, 1.54) is 0 Å². The SMILES string of the molecule is CC1CCC(C)(CC(=O)O)C(O)C1. The highest BCUT2D eigenvalue weighted by molar-refractivity contribution is 5.67. The average molecular weight is 186 g/mol. The average Bonchev–Trinajstić information content (AvgIpc) is 1.97. The highest BCUT2D eigenvalue weighted by Gasteiger charge is 2.39. The van der Waals surface area contributed by atoms with Gasteiger partial charge in [-0.3, -0.25) is 4.79 Å². The topological polar surface area (TPSA) is 57.5 Å². The van der Waals surface area contributed by atoms with Crippen molar-refractivity contribution >= 4 is 5.97 Å². The molecule has 3 nitrogen and oxygen atoms in total. The number of carboxylic acids is 1. The molecule has 0 bridgehead atoms. The largest absolute Gasteiger partial charge is 0.481 e. The molecule has 13 heavy (non-hydrogen) atoms. The van der Waals surface area contributed by atoms with E-state index in [9.17, 15) is 9.90 Å². The lowest BCUT2D eigenvalue weighted by Crippen LogP contribution is -2.39. The summed E-state index contributed by atoms with van der Waals surface area (Å²) >= 11 is 0. The Morgan fingerprint density at radius 2 is 2.23 bits per heavy atom. The first-order valence-corrected chi connectivity index (χ1v) is 4.84. The minimum absolute atomic E-state index is 0.0842. The number of hydrogen-bond donors (Lipinski definition) is 2. The van der Waals surface area contributed by atoms with Gasteiger partial charge in [0.1, 0.15) is 0 Å². The molecule has 0 aromatic heterocycles. The molecular weight excluding hydrogens is 168 g/mol. The molecule has 0 aliphatic heterocycles. The first-order valence-electron chi connectivity index (χ1n) is 4.84. The third-order valence-electron chi connectivity index (χ3n) is 3.19. The lowest BCUT2D eigenvalue weighted by Gasteiger charge is -2.39. The van der Waals surface area contributed by atoms with Crippen LogP contribution in [0.25, 0.3) is 0 Å². The van der Waals surface area contributed by atoms with Gasteiger partial charge in [0, 0.05) is 5.41 Å². The van der Waals surface area contributed by atoms with Crippen LogP contribution in [0.1, 0.15) is 39.5 Å². The smallest absolute Gasteiger partial charge is 0.303 e. The second kappa shape index (κ2) is 3.66. The molecule has 3 unspecified atom stereocenters. The van der Waals surface area contributed by atoms with Crippen molar-refractivity contribution in [2.24, 2.45) is 11.3 Å². The van der Waals surface area contributed by atoms with Gasteiger partial charge in [-0.15, -0.1) is 0 Å². The summed E-state index contributed by atoms with van der Waals surface area (Å²) in [5.74, 6) is -0.284. The molecule has 1 aliphatic rings. The summed E-state index contributed by atoms with van der Waals surface area (Å²) in [5, 5.41) is 18.5. The second-order valence-corrected chi connectivity index (χ2v) is 4.62. The summed E-state index contributed by atoms with van der Waals surface area (Å²) in [7, 11) is 0. The van der Waals surface area contributed by atoms with E-state index in [4.69, 9.17) is 5.11 Å². The fourth-order valence-electron chi connectivity index (χ4n) is 2.08. The van der Waals surface area contributed by atoms with Crippen molar-refractivity contribution in [1.82, 2.24) is 0 Å². The Bertz CT molecular complexity index is 202. The Hall–Kier alpha value is -0.570. The van der Waals surface area contributed by atoms with E-state index in [0.29, 0.717) is 5.92 Å². The van der Waals surface area contributed by atoms with Crippen LogP contribution in [0.3, 0.4) is 0 Å². The molecule has 3 atom stereocenters. The molecule has 1 aliphatic carbocycles. The summed E-state index contributed by atoms with van der Waals surface area (Å²) in [5.41, 5.74) is -0.404. The predicted molar refractivity (Wildman–Crippen MR) is 49.4 cm³/mol. The van der Waals surface area contributed by atoms with Crippen LogP contribution in [0.2, 0.25) is 0 Å². The molecule has 1 saturated carbocycles. The number of hydrogen-bond acceptors (Lipinski definition) is 2. The van der Waals surface area contributed by atoms with Gasteiger partial charge < -0.3 is 10.2 Å². The zero-order chi connectivity index (χ0) is 10.1. The summed E-state index contributed by atoms with van der Waals surface area (Å²) in [6.45, 7) is 3.97. The first-order chi connectivity index (χ1) is 5.94. The summed E-state index contributed by atoms with van der Waals surface area (Å²) < 4.78 is 0. The molecule has 0 radical (unpaired) electrons. The van der Waals surface area contributed by atoms with Crippen molar-refractivity contribution in [3.63, 3.8) is 0 Å². The zero-order valence-corrected chi connectivity index (χ0v) is 8.29. The maximum atomic E-state index is 10.6. The van der Waals surface area contributed by atoms with E-state index >= 15 is 0 Å². The van der Waals surface area contributed by atoms with Gasteiger partial charge in [-0.2, -0.15) is 0 Å². The van der Waals surface area contributed by atoms with Crippen LogP contribution >= 0.6 is 0 Å². The van der Waals surface area contributed by atoms with Gasteiger partial charge in [-0.25, -0.2) is 0 Å². The molecule has 0 spiro atoms. The number of carbonyl (C=O) groups is 1. The normalized spacial score (nSPS) is 40.2. The molecule has 0 saturated heterocycles. The molecule has 76 valence electrons. The van der Waals surface area contributed by atoms with E-state index in [2.05, 4.69) is 6.92 Å². The molecule has 0 aromatic rings. The van der Waals surface area contributed by atoms with E-state index in [1.54, 1.807) is 0 Å². The monoisotopic (exact) mass is 186 g/mol. The maximum Gasteiger partial charge on any atom is 0.303 e. The van der Waals surface area contributed by atoms with Crippen LogP contribution in [0.4, 0.5) is 0 Å². The van der Waals surface area contributed by atoms with Crippen molar-refractivity contribution in [2.45, 2.75) is 45.6 Å². The predicted octanol–water partition coefficient (Wildman–Crippen LogP) is 1.65. The fraction of sp³-hybridized carbons (Fsp3) is 0.900. The van der Waals surface area contributed by atoms with Crippen LogP contribution in [0.15, 0.2) is 0 Å². The molecular formula is C10H18O3. The molecule has 3 heteroatoms. The van der Waals surface area contributed by atoms with Gasteiger partial charge in [-0.05, 0) is 25.2 Å². The highest BCUT2D eigenvalue weighted by Crippen LogP contribution is 2.41. The zero-order valence-electron chi connectivity index (χ0n) is 8.29. The Morgan fingerprint density at radius 1 is 1.62 bits per heavy atom. The molecule has 0 heterocycles. The van der Waals surface area contributed by atoms with Crippen molar-refractivity contribution < 1.29 is 15.0 Å². The maximum absolute atomic E-state index is 10.6. The third kappa shape index (κ3) is 2.44. The molecule has 1 rings (SSSR count). The van der Waals surface area contributed by atoms with Crippen LogP contribution in [-0.2, 0) is 4.79 Å². The van der Waals surface area contributed by atoms with Crippen LogP contribution in [-0.4, -0.2) is 22.3 Å². The van der Waals surface area contributed by atoms with E-state index in [1.807, 2.05) is 6.92 Å². The summed E-state index contributed by atoms with van der Waals surface area (Å²) in [6, 6.07) is 0. The number of aliphatic carboxylic acids is 1. The van der Waals surface area contributed by atoms with E-state index in [0.717, 1.165) is 19.3 Å². The minimum Gasteiger partial charge on any atom is -0.481 e. The second-order valence-electron chi connectivity index (χ2n) is 4.62. The Balaban J connectivity index is 2.61. The van der Waals surface area contributed by atoms with Gasteiger partial charge >= 0.3 is 5.97 Å². The van der Waals surface area contributed by atoms with E-state index in [-0.39, 0.29) is 6.42 Å². The third-order valence-corrected chi connectivity index (χ3v) is 3.19. The molecule has 1 fully saturated rings. The highest BCUT2D eigenvalue weighted by atomic mass is 16.4. The van der Waals surface area contributed by atoms with Gasteiger partial charge in [0.25, 0.3) is 0 Å². The Morgan fingerprint density at radius 3 is 2.69 bits per heavy atom. The number of aliphatic hydroxyl groups is 1. The molecule has 0 aromatic carbocycles. The van der Waals surface area contributed by atoms with Crippen LogP contribution in [0.5, 0.6) is 0 Å². The van der Waals surface area contributed by atoms with E-state index < -0.39 is 17.5 Å². The number of rotatable bonds is 2. The minimum atomic E-state index is -0.809. The van der Waals surface area contributed by atoms with Gasteiger partial charge in [-0.1, -0.05) is 13.8 Å². The van der Waals surface area contributed by atoms with Gasteiger partial charge in [0.2, 0.25) is 0 Å². The summed E-state index contributed by atoms with van der Waals surface area (Å²) in [6.07, 6.45) is 2.22. The Kier molecular flexibility index (Phi) is 2.96. The van der Waals surface area contributed by atoms with Crippen molar-refractivity contribution in [2.75, 3.05) is 0 Å². The number of aliphatic hydroxyl groups excluding tert-OH is 1. The Labute approximate surface area is 78.8 Å². The van der Waals surface area contributed by atoms with Gasteiger partial charge in [0.05, 0.1) is 12.5 Å². The van der Waals surface area contributed by atoms with Crippen molar-refractivity contribution in [1.29, 1.82) is 0 Å². The quantitative estimate of drug-likeness (QED) is 0.689. The summed E-state index contributed by atoms with van der Waals surface area (Å²) in [4.78, 5) is 10.6. The standard InChI is InChI=1S/C10H18O3/c1-7-3-4-10(2,6-9(12)13)8(11)5-7/h7-8,11H,3-6H2,1-2H3,(H,12,13). The van der Waals surface area contributed by atoms with Crippen molar-refractivity contribution in [3.8, 4) is 0 Å². The number of carboxylic acid groups (broad SMARTS) is 1. The lowest BCUT2D eigenvalue weighted by molar-refractivity contribution is -0.143. The lowest BCUT2D eigenvalue weighted by atomic mass is 9.68. The van der Waals surface area contributed by atoms with Crippen LogP contribution in [0, 0.1) is 11.3 Å². The first kappa shape index (κ1) is 10.5. The molecule has 2 N–H and O–H groups in total. The van der Waals surface area contributed by atoms with Gasteiger partial charge in [0.15, 0.2) is 0 Å². The fourth-order valence-corrected chi connectivity index (χ4v) is 2.08. The molecule has 0 amide bonds. The van der Waals surface area contributed by atoms with Crippen molar-refractivity contribution in [3.05, 3.63) is 0 Å².